The summed E-state index contributed by atoms with van der Waals surface area (Å²) >= 11 is 0. The predicted molar refractivity (Wildman–Crippen MR) is 124 cm³/mol. The average molecular weight is 430 g/mol. The zero-order valence-corrected chi connectivity index (χ0v) is 19.9. The molecule has 2 aromatic rings. The number of sulfonamides is 1. The number of pyridine rings is 1. The summed E-state index contributed by atoms with van der Waals surface area (Å²) in [7, 11) is -3.57. The molecule has 0 radical (unpaired) electrons. The first kappa shape index (κ1) is 22.8. The Labute approximate surface area is 182 Å². The van der Waals surface area contributed by atoms with Gasteiger partial charge in [0.1, 0.15) is 0 Å². The number of aromatic nitrogens is 1. The van der Waals surface area contributed by atoms with Crippen LogP contribution in [0.1, 0.15) is 76.0 Å². The highest BCUT2D eigenvalue weighted by molar-refractivity contribution is 7.89. The predicted octanol–water partition coefficient (Wildman–Crippen LogP) is 4.96. The highest BCUT2D eigenvalue weighted by Gasteiger charge is 2.34. The molecule has 0 amide bonds. The molecule has 164 valence electrons. The van der Waals surface area contributed by atoms with Gasteiger partial charge < -0.3 is 4.90 Å². The van der Waals surface area contributed by atoms with Crippen molar-refractivity contribution in [1.82, 2.24) is 9.29 Å². The van der Waals surface area contributed by atoms with E-state index in [2.05, 4.69) is 63.6 Å². The molecule has 0 spiro atoms. The van der Waals surface area contributed by atoms with E-state index in [9.17, 15) is 8.42 Å². The van der Waals surface area contributed by atoms with Crippen LogP contribution in [0.3, 0.4) is 0 Å². The molecule has 5 nitrogen and oxygen atoms in total. The van der Waals surface area contributed by atoms with E-state index in [-0.39, 0.29) is 11.8 Å². The monoisotopic (exact) mass is 429 g/mol. The lowest BCUT2D eigenvalue weighted by Crippen LogP contribution is -2.49. The lowest BCUT2D eigenvalue weighted by molar-refractivity contribution is 0.383. The Balaban J connectivity index is 1.98. The summed E-state index contributed by atoms with van der Waals surface area (Å²) < 4.78 is 29.4. The van der Waals surface area contributed by atoms with E-state index in [0.717, 1.165) is 16.8 Å². The molecule has 0 atom stereocenters. The molecule has 30 heavy (non-hydrogen) atoms. The minimum atomic E-state index is -3.57. The van der Waals surface area contributed by atoms with Crippen LogP contribution in [0.2, 0.25) is 0 Å². The van der Waals surface area contributed by atoms with E-state index >= 15 is 0 Å². The van der Waals surface area contributed by atoms with Crippen LogP contribution in [-0.2, 0) is 10.0 Å². The Morgan fingerprint density at radius 3 is 1.73 bits per heavy atom. The van der Waals surface area contributed by atoms with E-state index in [1.165, 1.54) is 5.56 Å². The fourth-order valence-corrected chi connectivity index (χ4v) is 6.15. The summed E-state index contributed by atoms with van der Waals surface area (Å²) in [5.41, 5.74) is 4.20. The van der Waals surface area contributed by atoms with Crippen molar-refractivity contribution >= 4 is 15.7 Å². The van der Waals surface area contributed by atoms with E-state index in [1.54, 1.807) is 16.7 Å². The molecule has 1 fully saturated rings. The van der Waals surface area contributed by atoms with Gasteiger partial charge in [-0.2, -0.15) is 4.31 Å². The number of benzene rings is 1. The van der Waals surface area contributed by atoms with Gasteiger partial charge in [0.05, 0.1) is 4.90 Å². The molecule has 0 saturated carbocycles. The molecule has 1 aromatic carbocycles. The second-order valence-corrected chi connectivity index (χ2v) is 11.0. The summed E-state index contributed by atoms with van der Waals surface area (Å²) in [4.78, 5) is 6.83. The molecule has 1 aliphatic heterocycles. The van der Waals surface area contributed by atoms with Crippen LogP contribution in [-0.4, -0.2) is 43.9 Å². The summed E-state index contributed by atoms with van der Waals surface area (Å²) in [6.45, 7) is 15.0. The SMILES string of the molecule is CC(C)c1cc(C(C)C)c(S(=O)(=O)N2CCN(c3ccncc3)CC2)c(C(C)C)c1. The van der Waals surface area contributed by atoms with Gasteiger partial charge in [-0.15, -0.1) is 0 Å². The third-order valence-electron chi connectivity index (χ3n) is 5.94. The van der Waals surface area contributed by atoms with E-state index in [4.69, 9.17) is 0 Å². The van der Waals surface area contributed by atoms with Crippen LogP contribution in [0.25, 0.3) is 0 Å². The summed E-state index contributed by atoms with van der Waals surface area (Å²) in [6.07, 6.45) is 3.55. The highest BCUT2D eigenvalue weighted by Crippen LogP contribution is 2.37. The summed E-state index contributed by atoms with van der Waals surface area (Å²) in [5, 5.41) is 0. The number of piperazine rings is 1. The first-order valence-electron chi connectivity index (χ1n) is 11.0. The summed E-state index contributed by atoms with van der Waals surface area (Å²) in [6, 6.07) is 8.17. The van der Waals surface area contributed by atoms with E-state index in [0.29, 0.717) is 37.0 Å². The van der Waals surface area contributed by atoms with Gasteiger partial charge in [-0.05, 0) is 46.6 Å². The third kappa shape index (κ3) is 4.54. The largest absolute Gasteiger partial charge is 0.369 e. The standard InChI is InChI=1S/C24H35N3O2S/c1-17(2)20-15-22(18(3)4)24(23(16-20)19(5)6)30(28,29)27-13-11-26(12-14-27)21-7-9-25-10-8-21/h7-10,15-19H,11-14H2,1-6H3. The molecule has 2 heterocycles. The topological polar surface area (TPSA) is 53.5 Å². The van der Waals surface area contributed by atoms with Gasteiger partial charge in [-0.25, -0.2) is 8.42 Å². The minimum Gasteiger partial charge on any atom is -0.369 e. The Bertz CT molecular complexity index is 932. The normalized spacial score (nSPS) is 16.1. The average Bonchev–Trinajstić information content (AvgIpc) is 2.73. The van der Waals surface area contributed by atoms with Crippen LogP contribution in [0.5, 0.6) is 0 Å². The molecule has 1 aromatic heterocycles. The molecule has 3 rings (SSSR count). The molecular weight excluding hydrogens is 394 g/mol. The van der Waals surface area contributed by atoms with Crippen molar-refractivity contribution in [2.75, 3.05) is 31.1 Å². The van der Waals surface area contributed by atoms with Crippen molar-refractivity contribution < 1.29 is 8.42 Å². The number of nitrogens with zero attached hydrogens (tertiary/aromatic N) is 3. The van der Waals surface area contributed by atoms with E-state index < -0.39 is 10.0 Å². The van der Waals surface area contributed by atoms with Gasteiger partial charge in [-0.1, -0.05) is 53.7 Å². The van der Waals surface area contributed by atoms with Gasteiger partial charge in [0, 0.05) is 44.3 Å². The molecule has 6 heteroatoms. The second-order valence-electron chi connectivity index (χ2n) is 9.09. The first-order chi connectivity index (χ1) is 14.1. The molecule has 0 unspecified atom stereocenters. The molecular formula is C24H35N3O2S. The number of hydrogen-bond acceptors (Lipinski definition) is 4. The number of rotatable bonds is 6. The van der Waals surface area contributed by atoms with Crippen molar-refractivity contribution in [3.8, 4) is 0 Å². The van der Waals surface area contributed by atoms with Crippen molar-refractivity contribution in [3.05, 3.63) is 53.3 Å². The van der Waals surface area contributed by atoms with Gasteiger partial charge in [0.15, 0.2) is 0 Å². The lowest BCUT2D eigenvalue weighted by atomic mass is 9.89. The first-order valence-corrected chi connectivity index (χ1v) is 12.4. The minimum absolute atomic E-state index is 0.143. The molecule has 0 N–H and O–H groups in total. The quantitative estimate of drug-likeness (QED) is 0.651. The number of anilines is 1. The van der Waals surface area contributed by atoms with Crippen LogP contribution in [0.4, 0.5) is 5.69 Å². The highest BCUT2D eigenvalue weighted by atomic mass is 32.2. The van der Waals surface area contributed by atoms with Gasteiger partial charge in [0.2, 0.25) is 10.0 Å². The maximum absolute atomic E-state index is 13.9. The van der Waals surface area contributed by atoms with Crippen LogP contribution in [0, 0.1) is 0 Å². The van der Waals surface area contributed by atoms with Crippen molar-refractivity contribution in [2.24, 2.45) is 0 Å². The lowest BCUT2D eigenvalue weighted by Gasteiger charge is -2.36. The van der Waals surface area contributed by atoms with Gasteiger partial charge in [0.25, 0.3) is 0 Å². The van der Waals surface area contributed by atoms with E-state index in [1.807, 2.05) is 12.1 Å². The van der Waals surface area contributed by atoms with Crippen LogP contribution in [0.15, 0.2) is 41.6 Å². The zero-order chi connectivity index (χ0) is 22.1. The number of hydrogen-bond donors (Lipinski definition) is 0. The Kier molecular flexibility index (Phi) is 6.88. The Morgan fingerprint density at radius 1 is 0.800 bits per heavy atom. The smallest absolute Gasteiger partial charge is 0.243 e. The van der Waals surface area contributed by atoms with Gasteiger partial charge in [-0.3, -0.25) is 4.98 Å². The second kappa shape index (κ2) is 9.06. The maximum atomic E-state index is 13.9. The van der Waals surface area contributed by atoms with Crippen molar-refractivity contribution in [2.45, 2.75) is 64.2 Å². The third-order valence-corrected chi connectivity index (χ3v) is 7.98. The molecule has 0 bridgehead atoms. The molecule has 0 aliphatic carbocycles. The fourth-order valence-electron chi connectivity index (χ4n) is 4.06. The Morgan fingerprint density at radius 2 is 1.30 bits per heavy atom. The fraction of sp³-hybridized carbons (Fsp3) is 0.542. The maximum Gasteiger partial charge on any atom is 0.243 e. The van der Waals surface area contributed by atoms with Crippen molar-refractivity contribution in [3.63, 3.8) is 0 Å². The molecule has 1 saturated heterocycles. The van der Waals surface area contributed by atoms with Crippen molar-refractivity contribution in [1.29, 1.82) is 0 Å². The summed E-state index contributed by atoms with van der Waals surface area (Å²) in [5.74, 6) is 0.647. The van der Waals surface area contributed by atoms with Gasteiger partial charge >= 0.3 is 0 Å². The van der Waals surface area contributed by atoms with Crippen LogP contribution < -0.4 is 4.90 Å². The Hall–Kier alpha value is -1.92. The molecule has 1 aliphatic rings. The van der Waals surface area contributed by atoms with Crippen LogP contribution >= 0.6 is 0 Å². The zero-order valence-electron chi connectivity index (χ0n) is 19.1.